The van der Waals surface area contributed by atoms with Crippen molar-refractivity contribution in [3.8, 4) is 39.9 Å². The Kier molecular flexibility index (Phi) is 4.68. The zero-order valence-corrected chi connectivity index (χ0v) is 16.7. The Bertz CT molecular complexity index is 1280. The summed E-state index contributed by atoms with van der Waals surface area (Å²) in [7, 11) is 0. The number of benzene rings is 3. The van der Waals surface area contributed by atoms with Gasteiger partial charge in [-0.3, -0.25) is 4.79 Å². The minimum absolute atomic E-state index is 0.0128. The van der Waals surface area contributed by atoms with Crippen molar-refractivity contribution in [2.24, 2.45) is 0 Å². The van der Waals surface area contributed by atoms with Crippen LogP contribution in [0, 0.1) is 6.92 Å². The molecule has 0 unspecified atom stereocenters. The van der Waals surface area contributed by atoms with Gasteiger partial charge in [-0.2, -0.15) is 0 Å². The van der Waals surface area contributed by atoms with Crippen molar-refractivity contribution >= 4 is 26.9 Å². The van der Waals surface area contributed by atoms with E-state index in [0.717, 1.165) is 0 Å². The summed E-state index contributed by atoms with van der Waals surface area (Å²) in [4.78, 5) is 13.1. The van der Waals surface area contributed by atoms with Gasteiger partial charge in [-0.05, 0) is 52.7 Å². The number of halogens is 1. The number of aryl methyl sites for hydroxylation is 1. The predicted molar refractivity (Wildman–Crippen MR) is 112 cm³/mol. The van der Waals surface area contributed by atoms with Gasteiger partial charge in [0, 0.05) is 0 Å². The fourth-order valence-electron chi connectivity index (χ4n) is 3.10. The fraction of sp³-hybridized carbons (Fsp3) is 0.0455. The van der Waals surface area contributed by atoms with E-state index in [1.54, 1.807) is 31.2 Å². The van der Waals surface area contributed by atoms with Crippen LogP contribution in [-0.2, 0) is 0 Å². The van der Waals surface area contributed by atoms with Gasteiger partial charge in [-0.1, -0.05) is 30.3 Å². The van der Waals surface area contributed by atoms with Crippen molar-refractivity contribution < 1.29 is 24.5 Å². The molecule has 0 spiro atoms. The van der Waals surface area contributed by atoms with Crippen LogP contribution in [-0.4, -0.2) is 15.3 Å². The van der Waals surface area contributed by atoms with Crippen molar-refractivity contribution in [2.45, 2.75) is 6.92 Å². The number of hydrogen-bond donors (Lipinski definition) is 3. The second kappa shape index (κ2) is 7.18. The molecule has 146 valence electrons. The first-order valence-corrected chi connectivity index (χ1v) is 9.41. The molecular weight excluding hydrogens is 440 g/mol. The molecule has 6 nitrogen and oxygen atoms in total. The smallest absolute Gasteiger partial charge is 0.204 e. The average Bonchev–Trinajstić information content (AvgIpc) is 2.72. The number of rotatable bonds is 3. The maximum atomic E-state index is 13.1. The first-order chi connectivity index (χ1) is 13.9. The van der Waals surface area contributed by atoms with Gasteiger partial charge < -0.3 is 24.5 Å². The lowest BCUT2D eigenvalue weighted by Crippen LogP contribution is -2.08. The molecule has 0 aliphatic heterocycles. The largest absolute Gasteiger partial charge is 0.504 e. The van der Waals surface area contributed by atoms with Crippen LogP contribution in [0.2, 0.25) is 0 Å². The molecule has 0 fully saturated rings. The van der Waals surface area contributed by atoms with Gasteiger partial charge in [0.25, 0.3) is 0 Å². The van der Waals surface area contributed by atoms with Crippen LogP contribution in [0.15, 0.2) is 68.3 Å². The zero-order chi connectivity index (χ0) is 20.7. The van der Waals surface area contributed by atoms with Crippen LogP contribution in [0.3, 0.4) is 0 Å². The second-order valence-electron chi connectivity index (χ2n) is 6.37. The number of phenols is 3. The quantitative estimate of drug-likeness (QED) is 0.356. The van der Waals surface area contributed by atoms with E-state index in [1.165, 1.54) is 0 Å². The highest BCUT2D eigenvalue weighted by atomic mass is 79.9. The lowest BCUT2D eigenvalue weighted by Gasteiger charge is -2.12. The maximum absolute atomic E-state index is 13.1. The molecule has 0 aliphatic rings. The third kappa shape index (κ3) is 3.19. The van der Waals surface area contributed by atoms with E-state index in [2.05, 4.69) is 15.9 Å². The Morgan fingerprint density at radius 3 is 2.14 bits per heavy atom. The van der Waals surface area contributed by atoms with Gasteiger partial charge >= 0.3 is 0 Å². The lowest BCUT2D eigenvalue weighted by atomic mass is 10.0. The molecular formula is C22H15BrO6. The molecule has 4 aromatic rings. The molecule has 29 heavy (non-hydrogen) atoms. The molecule has 0 amide bonds. The van der Waals surface area contributed by atoms with Crippen molar-refractivity contribution in [2.75, 3.05) is 0 Å². The summed E-state index contributed by atoms with van der Waals surface area (Å²) in [6, 6.07) is 16.1. The molecule has 0 bridgehead atoms. The van der Waals surface area contributed by atoms with Crippen LogP contribution in [0.25, 0.3) is 22.1 Å². The fourth-order valence-corrected chi connectivity index (χ4v) is 3.57. The monoisotopic (exact) mass is 454 g/mol. The Morgan fingerprint density at radius 1 is 0.862 bits per heavy atom. The van der Waals surface area contributed by atoms with Crippen LogP contribution in [0.4, 0.5) is 0 Å². The van der Waals surface area contributed by atoms with Crippen molar-refractivity contribution in [3.63, 3.8) is 0 Å². The highest BCUT2D eigenvalue weighted by Crippen LogP contribution is 2.47. The minimum atomic E-state index is -0.793. The first kappa shape index (κ1) is 18.9. The van der Waals surface area contributed by atoms with Crippen molar-refractivity contribution in [3.05, 3.63) is 75.1 Å². The van der Waals surface area contributed by atoms with E-state index in [4.69, 9.17) is 9.15 Å². The molecule has 1 aromatic heterocycles. The van der Waals surface area contributed by atoms with Gasteiger partial charge in [-0.25, -0.2) is 0 Å². The summed E-state index contributed by atoms with van der Waals surface area (Å²) in [6.07, 6.45) is 0. The summed E-state index contributed by atoms with van der Waals surface area (Å²) in [5.41, 5.74) is 0.208. The van der Waals surface area contributed by atoms with Crippen LogP contribution < -0.4 is 10.2 Å². The summed E-state index contributed by atoms with van der Waals surface area (Å²) >= 11 is 3.09. The van der Waals surface area contributed by atoms with E-state index in [0.29, 0.717) is 22.8 Å². The number of aromatic hydroxyl groups is 3. The molecule has 3 aromatic carbocycles. The number of phenolic OH excluding ortho intramolecular Hbond substituents is 3. The zero-order valence-electron chi connectivity index (χ0n) is 15.1. The standard InChI is InChI=1S/C22H15BrO6/c1-11-15(12-7-9-14(10-8-12)29-13-5-3-2-4-6-13)18(24)16-19(25)21(27)20(26)17(23)22(16)28-11/h2-10,25-27H,1H3. The predicted octanol–water partition coefficient (Wildman–Crippen LogP) is 5.44. The lowest BCUT2D eigenvalue weighted by molar-refractivity contribution is 0.368. The van der Waals surface area contributed by atoms with E-state index >= 15 is 0 Å². The van der Waals surface area contributed by atoms with E-state index in [-0.39, 0.29) is 21.0 Å². The average molecular weight is 455 g/mol. The van der Waals surface area contributed by atoms with Crippen LogP contribution in [0.1, 0.15) is 5.76 Å². The number of para-hydroxylation sites is 1. The Labute approximate surface area is 173 Å². The molecule has 0 saturated heterocycles. The summed E-state index contributed by atoms with van der Waals surface area (Å²) in [6.45, 7) is 1.61. The summed E-state index contributed by atoms with van der Waals surface area (Å²) in [5.74, 6) is -0.558. The summed E-state index contributed by atoms with van der Waals surface area (Å²) < 4.78 is 11.4. The molecule has 3 N–H and O–H groups in total. The normalized spacial score (nSPS) is 11.0. The Balaban J connectivity index is 1.83. The molecule has 0 radical (unpaired) electrons. The maximum Gasteiger partial charge on any atom is 0.204 e. The summed E-state index contributed by atoms with van der Waals surface area (Å²) in [5, 5.41) is 29.7. The number of hydrogen-bond acceptors (Lipinski definition) is 6. The molecule has 4 rings (SSSR count). The third-order valence-electron chi connectivity index (χ3n) is 4.50. The van der Waals surface area contributed by atoms with Gasteiger partial charge in [-0.15, -0.1) is 0 Å². The first-order valence-electron chi connectivity index (χ1n) is 8.61. The van der Waals surface area contributed by atoms with Gasteiger partial charge in [0.2, 0.25) is 11.2 Å². The third-order valence-corrected chi connectivity index (χ3v) is 5.24. The van der Waals surface area contributed by atoms with Crippen molar-refractivity contribution in [1.29, 1.82) is 0 Å². The molecule has 0 saturated carbocycles. The van der Waals surface area contributed by atoms with Gasteiger partial charge in [0.1, 0.15) is 27.1 Å². The van der Waals surface area contributed by atoms with Gasteiger partial charge in [0.05, 0.1) is 5.56 Å². The highest BCUT2D eigenvalue weighted by Gasteiger charge is 2.24. The van der Waals surface area contributed by atoms with Crippen LogP contribution in [0.5, 0.6) is 28.7 Å². The van der Waals surface area contributed by atoms with Crippen LogP contribution >= 0.6 is 15.9 Å². The number of fused-ring (bicyclic) bond motifs is 1. The highest BCUT2D eigenvalue weighted by molar-refractivity contribution is 9.10. The van der Waals surface area contributed by atoms with E-state index in [9.17, 15) is 20.1 Å². The SMILES string of the molecule is Cc1oc2c(Br)c(O)c(O)c(O)c2c(=O)c1-c1ccc(Oc2ccccc2)cc1. The van der Waals surface area contributed by atoms with E-state index in [1.807, 2.05) is 30.3 Å². The van der Waals surface area contributed by atoms with E-state index < -0.39 is 22.7 Å². The second-order valence-corrected chi connectivity index (χ2v) is 7.16. The van der Waals surface area contributed by atoms with Gasteiger partial charge in [0.15, 0.2) is 17.1 Å². The Hall–Kier alpha value is -3.45. The minimum Gasteiger partial charge on any atom is -0.504 e. The van der Waals surface area contributed by atoms with Crippen molar-refractivity contribution in [1.82, 2.24) is 0 Å². The number of ether oxygens (including phenoxy) is 1. The molecule has 0 aliphatic carbocycles. The molecule has 0 atom stereocenters. The molecule has 7 heteroatoms. The molecule has 1 heterocycles. The Morgan fingerprint density at radius 2 is 1.48 bits per heavy atom. The topological polar surface area (TPSA) is 100 Å².